The third kappa shape index (κ3) is 10.9. The summed E-state index contributed by atoms with van der Waals surface area (Å²) in [5.41, 5.74) is 23.2. The minimum atomic E-state index is -0.933. The van der Waals surface area contributed by atoms with Crippen LogP contribution >= 0.6 is 23.4 Å². The number of hydrogen-bond donors (Lipinski definition) is 6. The number of nitrogens with two attached hydrogens (primary N) is 3. The third-order valence-electron chi connectivity index (χ3n) is 9.64. The van der Waals surface area contributed by atoms with Crippen molar-refractivity contribution in [2.45, 2.75) is 80.0 Å². The van der Waals surface area contributed by atoms with Crippen LogP contribution in [0.3, 0.4) is 0 Å². The van der Waals surface area contributed by atoms with E-state index in [1.807, 2.05) is 67.7 Å². The molecular weight excluding hydrogens is 734 g/mol. The predicted molar refractivity (Wildman–Crippen MR) is 219 cm³/mol. The number of nitrogens with zero attached hydrogens (tertiary/aromatic N) is 3. The number of halogens is 1. The Morgan fingerprint density at radius 1 is 0.909 bits per heavy atom. The molecule has 55 heavy (non-hydrogen) atoms. The van der Waals surface area contributed by atoms with Crippen LogP contribution in [0.2, 0.25) is 5.02 Å². The number of aromatic amines is 1. The van der Waals surface area contributed by atoms with Crippen LogP contribution < -0.4 is 27.8 Å². The van der Waals surface area contributed by atoms with Gasteiger partial charge in [0, 0.05) is 60.6 Å². The van der Waals surface area contributed by atoms with E-state index in [4.69, 9.17) is 28.8 Å². The van der Waals surface area contributed by atoms with Crippen molar-refractivity contribution in [1.82, 2.24) is 30.5 Å². The molecule has 0 fully saturated rings. The van der Waals surface area contributed by atoms with Gasteiger partial charge in [-0.2, -0.15) is 0 Å². The van der Waals surface area contributed by atoms with Gasteiger partial charge in [-0.15, -0.1) is 0 Å². The smallest absolute Gasteiger partial charge is 0.245 e. The van der Waals surface area contributed by atoms with Crippen LogP contribution in [0, 0.1) is 6.92 Å². The first-order chi connectivity index (χ1) is 26.6. The Hall–Kier alpha value is -4.79. The summed E-state index contributed by atoms with van der Waals surface area (Å²) in [4.78, 5) is 55.1. The lowest BCUT2D eigenvalue weighted by molar-refractivity contribution is -0.141. The summed E-state index contributed by atoms with van der Waals surface area (Å²) in [6.45, 7) is 3.18. The van der Waals surface area contributed by atoms with Crippen molar-refractivity contribution < 1.29 is 14.4 Å². The second-order valence-corrected chi connectivity index (χ2v) is 15.0. The lowest BCUT2D eigenvalue weighted by Crippen LogP contribution is -2.56. The number of carbonyl (C=O) groups excluding carboxylic acids is 3. The van der Waals surface area contributed by atoms with Gasteiger partial charge >= 0.3 is 0 Å². The first kappa shape index (κ1) is 41.4. The lowest BCUT2D eigenvalue weighted by Gasteiger charge is -2.31. The van der Waals surface area contributed by atoms with Crippen molar-refractivity contribution in [2.24, 2.45) is 17.2 Å². The van der Waals surface area contributed by atoms with Gasteiger partial charge in [-0.1, -0.05) is 53.7 Å². The summed E-state index contributed by atoms with van der Waals surface area (Å²) in [6, 6.07) is 17.0. The number of H-pyrrole nitrogens is 1. The van der Waals surface area contributed by atoms with Crippen LogP contribution in [0.5, 0.6) is 0 Å². The van der Waals surface area contributed by atoms with Gasteiger partial charge in [0.1, 0.15) is 17.1 Å². The molecule has 3 aromatic heterocycles. The van der Waals surface area contributed by atoms with E-state index in [0.717, 1.165) is 48.6 Å². The summed E-state index contributed by atoms with van der Waals surface area (Å²) < 4.78 is 0. The highest BCUT2D eigenvalue weighted by Crippen LogP contribution is 2.39. The monoisotopic (exact) mass is 783 g/mol. The number of hydrogen-bond acceptors (Lipinski definition) is 9. The highest BCUT2D eigenvalue weighted by atomic mass is 35.5. The molecule has 0 spiro atoms. The first-order valence-electron chi connectivity index (χ1n) is 18.5. The van der Waals surface area contributed by atoms with E-state index in [9.17, 15) is 14.4 Å². The van der Waals surface area contributed by atoms with E-state index in [2.05, 4.69) is 31.7 Å². The van der Waals surface area contributed by atoms with Gasteiger partial charge in [-0.25, -0.2) is 4.98 Å². The average molecular weight is 784 g/mol. The maximum absolute atomic E-state index is 14.1. The van der Waals surface area contributed by atoms with Crippen molar-refractivity contribution in [3.8, 4) is 11.1 Å². The molecule has 0 saturated heterocycles. The van der Waals surface area contributed by atoms with E-state index < -0.39 is 29.9 Å². The zero-order chi connectivity index (χ0) is 39.3. The molecule has 2 aromatic carbocycles. The minimum absolute atomic E-state index is 0.219. The Bertz CT molecular complexity index is 2040. The summed E-state index contributed by atoms with van der Waals surface area (Å²) >= 11 is 8.31. The quantitative estimate of drug-likeness (QED) is 0.0582. The number of unbranched alkanes of at least 4 members (excludes halogenated alkanes) is 1. The standard InChI is InChI=1S/C41H50ClN9O3S/c1-26-21-29(27-14-19-46-20-15-27)22-32(42)37(26)55-40-28(9-8-18-47-40)24-49-34(13-7-17-44)39(53)50-35(12-5-6-16-43)41(54)51(2)36(38(45)52)23-30-25-48-33-11-4-3-10-31(30)33/h3-4,8-11,14-15,18-22,25,34-36,48-49H,5-7,12-13,16-17,23-24,43-44H2,1-2H3,(H2,45,52)(H,50,53)/t34-,35-,36-/m0/s1. The highest BCUT2D eigenvalue weighted by molar-refractivity contribution is 7.99. The number of amides is 3. The molecule has 0 bridgehead atoms. The molecule has 0 aliphatic rings. The van der Waals surface area contributed by atoms with Gasteiger partial charge in [0.05, 0.1) is 11.1 Å². The molecular formula is C41H50ClN9O3S. The van der Waals surface area contributed by atoms with Gasteiger partial charge in [0.15, 0.2) is 0 Å². The fraction of sp³-hybridized carbons (Fsp3) is 0.341. The maximum Gasteiger partial charge on any atom is 0.245 e. The number of carbonyl (C=O) groups is 3. The largest absolute Gasteiger partial charge is 0.368 e. The van der Waals surface area contributed by atoms with Gasteiger partial charge in [-0.05, 0) is 110 Å². The molecule has 0 aliphatic heterocycles. The third-order valence-corrected chi connectivity index (χ3v) is 11.4. The number of primary amides is 1. The molecule has 0 saturated carbocycles. The van der Waals surface area contributed by atoms with Crippen LogP contribution in [0.4, 0.5) is 0 Å². The van der Waals surface area contributed by atoms with E-state index in [1.54, 1.807) is 25.6 Å². The Morgan fingerprint density at radius 3 is 2.38 bits per heavy atom. The second kappa shape index (κ2) is 20.2. The molecule has 3 atom stereocenters. The van der Waals surface area contributed by atoms with Crippen molar-refractivity contribution in [3.05, 3.63) is 107 Å². The SMILES string of the molecule is Cc1cc(-c2ccncc2)cc(Cl)c1Sc1ncccc1CN[C@@H](CCCN)C(=O)N[C@@H](CCCCN)C(=O)N(C)[C@@H](Cc1c[nH]c2ccccc12)C(N)=O. The molecule has 290 valence electrons. The number of benzene rings is 2. The van der Waals surface area contributed by atoms with Gasteiger partial charge in [0.2, 0.25) is 17.7 Å². The highest BCUT2D eigenvalue weighted by Gasteiger charge is 2.33. The number of pyridine rings is 2. The molecule has 5 rings (SSSR count). The lowest BCUT2D eigenvalue weighted by atomic mass is 10.0. The van der Waals surface area contributed by atoms with Gasteiger partial charge < -0.3 is 37.7 Å². The molecule has 0 unspecified atom stereocenters. The Kier molecular flexibility index (Phi) is 15.2. The fourth-order valence-electron chi connectivity index (χ4n) is 6.56. The zero-order valence-electron chi connectivity index (χ0n) is 31.3. The second-order valence-electron chi connectivity index (χ2n) is 13.6. The Labute approximate surface area is 331 Å². The molecule has 14 heteroatoms. The number of fused-ring (bicyclic) bond motifs is 1. The number of nitrogens with one attached hydrogen (secondary N) is 3. The summed E-state index contributed by atoms with van der Waals surface area (Å²) in [5.74, 6) is -1.38. The van der Waals surface area contributed by atoms with Crippen LogP contribution in [-0.4, -0.2) is 75.8 Å². The van der Waals surface area contributed by atoms with E-state index in [1.165, 1.54) is 16.7 Å². The minimum Gasteiger partial charge on any atom is -0.368 e. The summed E-state index contributed by atoms with van der Waals surface area (Å²) in [6.07, 6.45) is 9.92. The molecule has 12 nitrogen and oxygen atoms in total. The normalized spacial score (nSPS) is 13.0. The molecule has 0 radical (unpaired) electrons. The fourth-order valence-corrected chi connectivity index (χ4v) is 7.90. The van der Waals surface area contributed by atoms with Crippen LogP contribution in [0.1, 0.15) is 48.8 Å². The van der Waals surface area contributed by atoms with Crippen molar-refractivity contribution in [2.75, 3.05) is 20.1 Å². The Balaban J connectivity index is 1.31. The molecule has 3 amide bonds. The maximum atomic E-state index is 14.1. The van der Waals surface area contributed by atoms with E-state index in [0.29, 0.717) is 56.8 Å². The number of aromatic nitrogens is 3. The number of rotatable bonds is 20. The van der Waals surface area contributed by atoms with Crippen molar-refractivity contribution >= 4 is 52.0 Å². The molecule has 3 heterocycles. The Morgan fingerprint density at radius 2 is 1.65 bits per heavy atom. The van der Waals surface area contributed by atoms with Gasteiger partial charge in [-0.3, -0.25) is 19.4 Å². The van der Waals surface area contributed by atoms with Crippen LogP contribution in [0.25, 0.3) is 22.0 Å². The number of para-hydroxylation sites is 1. The first-order valence-corrected chi connectivity index (χ1v) is 19.7. The predicted octanol–water partition coefficient (Wildman–Crippen LogP) is 5.10. The number of aryl methyl sites for hydroxylation is 1. The topological polar surface area (TPSA) is 198 Å². The number of likely N-dealkylation sites (N-methyl/N-ethyl adjacent to an activating group) is 1. The van der Waals surface area contributed by atoms with Crippen LogP contribution in [-0.2, 0) is 27.3 Å². The van der Waals surface area contributed by atoms with E-state index in [-0.39, 0.29) is 12.3 Å². The molecule has 0 aliphatic carbocycles. The molecule has 9 N–H and O–H groups in total. The summed E-state index contributed by atoms with van der Waals surface area (Å²) in [5, 5.41) is 8.71. The zero-order valence-corrected chi connectivity index (χ0v) is 32.8. The van der Waals surface area contributed by atoms with E-state index >= 15 is 0 Å². The molecule has 5 aromatic rings. The van der Waals surface area contributed by atoms with Crippen molar-refractivity contribution in [1.29, 1.82) is 0 Å². The van der Waals surface area contributed by atoms with Crippen LogP contribution in [0.15, 0.2) is 95.4 Å². The average Bonchev–Trinajstić information content (AvgIpc) is 3.60. The van der Waals surface area contributed by atoms with Gasteiger partial charge in [0.25, 0.3) is 0 Å². The van der Waals surface area contributed by atoms with Crippen molar-refractivity contribution in [3.63, 3.8) is 0 Å². The summed E-state index contributed by atoms with van der Waals surface area (Å²) in [7, 11) is 1.56.